The largest absolute Gasteiger partial charge is 0.479 e. The highest BCUT2D eigenvalue weighted by atomic mass is 16.6. The molecule has 178 valence electrons. The summed E-state index contributed by atoms with van der Waals surface area (Å²) in [4.78, 5) is 34.0. The first-order chi connectivity index (χ1) is 15.0. The van der Waals surface area contributed by atoms with Crippen LogP contribution in [0.4, 0.5) is 0 Å². The molecule has 1 rings (SSSR count). The lowest BCUT2D eigenvalue weighted by atomic mass is 10.1. The molecule has 0 radical (unpaired) electrons. The fraction of sp³-hybridized carbons (Fsp3) is 0.792. The van der Waals surface area contributed by atoms with E-state index >= 15 is 0 Å². The molecule has 31 heavy (non-hydrogen) atoms. The molecule has 0 aliphatic carbocycles. The van der Waals surface area contributed by atoms with Crippen molar-refractivity contribution in [1.82, 2.24) is 0 Å². The number of allylic oxidation sites excluding steroid dienone is 1. The lowest BCUT2D eigenvalue weighted by Crippen LogP contribution is -2.20. The van der Waals surface area contributed by atoms with Crippen molar-refractivity contribution >= 4 is 17.9 Å². The van der Waals surface area contributed by atoms with E-state index in [9.17, 15) is 14.4 Å². The van der Waals surface area contributed by atoms with Gasteiger partial charge < -0.3 is 19.3 Å². The molecule has 7 nitrogen and oxygen atoms in total. The second-order valence-corrected chi connectivity index (χ2v) is 8.19. The van der Waals surface area contributed by atoms with Gasteiger partial charge >= 0.3 is 17.9 Å². The molecule has 0 aromatic heterocycles. The number of rotatable bonds is 19. The second-order valence-electron chi connectivity index (χ2n) is 8.19. The Morgan fingerprint density at radius 2 is 1.68 bits per heavy atom. The third-order valence-electron chi connectivity index (χ3n) is 5.42. The van der Waals surface area contributed by atoms with Crippen LogP contribution in [-0.2, 0) is 28.6 Å². The van der Waals surface area contributed by atoms with E-state index in [4.69, 9.17) is 14.6 Å². The Morgan fingerprint density at radius 1 is 0.968 bits per heavy atom. The van der Waals surface area contributed by atoms with Crippen molar-refractivity contribution in [2.75, 3.05) is 7.11 Å². The van der Waals surface area contributed by atoms with Crippen molar-refractivity contribution < 1.29 is 33.7 Å². The molecule has 3 atom stereocenters. The molecule has 0 bridgehead atoms. The minimum atomic E-state index is -1.03. The van der Waals surface area contributed by atoms with E-state index in [-0.39, 0.29) is 24.5 Å². The van der Waals surface area contributed by atoms with Crippen LogP contribution in [0.5, 0.6) is 0 Å². The van der Waals surface area contributed by atoms with E-state index in [0.717, 1.165) is 64.2 Å². The molecule has 3 unspecified atom stereocenters. The lowest BCUT2D eigenvalue weighted by molar-refractivity contribution is -0.149. The van der Waals surface area contributed by atoms with Gasteiger partial charge in [-0.3, -0.25) is 9.59 Å². The Kier molecular flexibility index (Phi) is 14.7. The zero-order valence-electron chi connectivity index (χ0n) is 19.2. The Hall–Kier alpha value is -1.89. The maximum absolute atomic E-state index is 12.1. The topological polar surface area (TPSA) is 102 Å². The summed E-state index contributed by atoms with van der Waals surface area (Å²) in [6.07, 6.45) is 15.4. The van der Waals surface area contributed by atoms with E-state index in [2.05, 4.69) is 23.8 Å². The number of hydrogen-bond acceptors (Lipinski definition) is 6. The van der Waals surface area contributed by atoms with Crippen molar-refractivity contribution in [3.05, 3.63) is 12.2 Å². The molecule has 0 saturated carbocycles. The van der Waals surface area contributed by atoms with Gasteiger partial charge in [0, 0.05) is 12.8 Å². The fourth-order valence-electron chi connectivity index (χ4n) is 3.47. The molecular formula is C24H40O7. The number of methoxy groups -OCH3 is 1. The Bertz CT molecular complexity index is 558. The number of unbranched alkanes of at least 4 members (excludes halogenated alkanes) is 8. The molecule has 1 N–H and O–H groups in total. The van der Waals surface area contributed by atoms with Crippen molar-refractivity contribution in [2.24, 2.45) is 0 Å². The van der Waals surface area contributed by atoms with Crippen LogP contribution in [0.2, 0.25) is 0 Å². The summed E-state index contributed by atoms with van der Waals surface area (Å²) in [7, 11) is 1.42. The standard InChI is InChI=1S/C24H40O7/c1-3-4-5-12-15-19(30-22(26)18-20-23(31-20)24(27)28)16-13-10-8-6-7-9-11-14-17-21(25)29-2/h10,13,19-20,23H,3-9,11-12,14-18H2,1-2H3,(H,27,28). The third-order valence-corrected chi connectivity index (χ3v) is 5.42. The van der Waals surface area contributed by atoms with Gasteiger partial charge in [-0.15, -0.1) is 0 Å². The molecule has 7 heteroatoms. The average Bonchev–Trinajstić information content (AvgIpc) is 3.51. The molecule has 1 heterocycles. The number of aliphatic carboxylic acids is 1. The second kappa shape index (κ2) is 16.8. The summed E-state index contributed by atoms with van der Waals surface area (Å²) in [5.41, 5.74) is 0. The number of epoxide rings is 1. The highest BCUT2D eigenvalue weighted by Gasteiger charge is 2.46. The highest BCUT2D eigenvalue weighted by Crippen LogP contribution is 2.26. The van der Waals surface area contributed by atoms with Crippen LogP contribution >= 0.6 is 0 Å². The van der Waals surface area contributed by atoms with Crippen LogP contribution in [0.1, 0.15) is 96.8 Å². The summed E-state index contributed by atoms with van der Waals surface area (Å²) >= 11 is 0. The highest BCUT2D eigenvalue weighted by molar-refractivity contribution is 5.78. The third kappa shape index (κ3) is 13.9. The predicted octanol–water partition coefficient (Wildman–Crippen LogP) is 4.96. The zero-order valence-corrected chi connectivity index (χ0v) is 19.2. The smallest absolute Gasteiger partial charge is 0.335 e. The van der Waals surface area contributed by atoms with Crippen molar-refractivity contribution in [2.45, 2.75) is 115 Å². The summed E-state index contributed by atoms with van der Waals surface area (Å²) in [6.45, 7) is 2.16. The molecule has 0 aromatic rings. The lowest BCUT2D eigenvalue weighted by Gasteiger charge is -2.16. The normalized spacial score (nSPS) is 18.6. The van der Waals surface area contributed by atoms with Gasteiger partial charge in [0.1, 0.15) is 12.2 Å². The molecule has 0 aromatic carbocycles. The van der Waals surface area contributed by atoms with E-state index in [1.165, 1.54) is 13.5 Å². The number of ether oxygens (including phenoxy) is 3. The van der Waals surface area contributed by atoms with Crippen LogP contribution in [0, 0.1) is 0 Å². The number of carbonyl (C=O) groups is 3. The van der Waals surface area contributed by atoms with E-state index < -0.39 is 18.2 Å². The first-order valence-electron chi connectivity index (χ1n) is 11.8. The minimum Gasteiger partial charge on any atom is -0.479 e. The fourth-order valence-corrected chi connectivity index (χ4v) is 3.47. The first-order valence-corrected chi connectivity index (χ1v) is 11.8. The number of hydrogen-bond donors (Lipinski definition) is 1. The average molecular weight is 441 g/mol. The van der Waals surface area contributed by atoms with Crippen LogP contribution in [0.25, 0.3) is 0 Å². The quantitative estimate of drug-likeness (QED) is 0.131. The maximum Gasteiger partial charge on any atom is 0.335 e. The molecule has 0 spiro atoms. The van der Waals surface area contributed by atoms with Crippen molar-refractivity contribution in [3.8, 4) is 0 Å². The van der Waals surface area contributed by atoms with Gasteiger partial charge in [-0.25, -0.2) is 4.79 Å². The summed E-state index contributed by atoms with van der Waals surface area (Å²) in [5.74, 6) is -1.55. The summed E-state index contributed by atoms with van der Waals surface area (Å²) < 4.78 is 15.2. The van der Waals surface area contributed by atoms with Crippen molar-refractivity contribution in [3.63, 3.8) is 0 Å². The Balaban J connectivity index is 2.21. The number of esters is 2. The number of carbonyl (C=O) groups excluding carboxylic acids is 2. The molecule has 1 aliphatic heterocycles. The van der Waals surface area contributed by atoms with Gasteiger partial charge in [-0.1, -0.05) is 57.6 Å². The summed E-state index contributed by atoms with van der Waals surface area (Å²) in [5, 5.41) is 8.86. The van der Waals surface area contributed by atoms with Crippen LogP contribution in [0.3, 0.4) is 0 Å². The van der Waals surface area contributed by atoms with Crippen molar-refractivity contribution in [1.29, 1.82) is 0 Å². The van der Waals surface area contributed by atoms with Gasteiger partial charge in [0.15, 0.2) is 6.10 Å². The maximum atomic E-state index is 12.1. The van der Waals surface area contributed by atoms with E-state index in [1.54, 1.807) is 0 Å². The van der Waals surface area contributed by atoms with Crippen LogP contribution < -0.4 is 0 Å². The predicted molar refractivity (Wildman–Crippen MR) is 118 cm³/mol. The van der Waals surface area contributed by atoms with Crippen LogP contribution in [0.15, 0.2) is 12.2 Å². The molecule has 1 aliphatic rings. The number of carboxylic acids is 1. The van der Waals surface area contributed by atoms with Gasteiger partial charge in [0.05, 0.1) is 13.5 Å². The molecule has 1 saturated heterocycles. The van der Waals surface area contributed by atoms with Gasteiger partial charge in [0.25, 0.3) is 0 Å². The van der Waals surface area contributed by atoms with E-state index in [1.807, 2.05) is 0 Å². The van der Waals surface area contributed by atoms with Gasteiger partial charge in [0.2, 0.25) is 0 Å². The summed E-state index contributed by atoms with van der Waals surface area (Å²) in [6, 6.07) is 0. The van der Waals surface area contributed by atoms with Gasteiger partial charge in [-0.2, -0.15) is 0 Å². The number of carboxylic acid groups (broad SMARTS) is 1. The Morgan fingerprint density at radius 3 is 2.35 bits per heavy atom. The monoisotopic (exact) mass is 440 g/mol. The molecule has 0 amide bonds. The Labute approximate surface area is 186 Å². The molecule has 1 fully saturated rings. The minimum absolute atomic E-state index is 0.00210. The SMILES string of the molecule is CCCCCCC(CC=CCCCCCCCC(=O)OC)OC(=O)CC1OC1C(=O)O. The molecular weight excluding hydrogens is 400 g/mol. The first kappa shape index (κ1) is 27.1. The van der Waals surface area contributed by atoms with Crippen LogP contribution in [-0.4, -0.2) is 48.4 Å². The zero-order chi connectivity index (χ0) is 22.9. The van der Waals surface area contributed by atoms with E-state index in [0.29, 0.717) is 12.8 Å². The van der Waals surface area contributed by atoms with Gasteiger partial charge in [-0.05, 0) is 32.1 Å².